The first-order valence-electron chi connectivity index (χ1n) is 13.8. The van der Waals surface area contributed by atoms with Crippen LogP contribution in [0.5, 0.6) is 0 Å². The summed E-state index contributed by atoms with van der Waals surface area (Å²) in [7, 11) is 0. The van der Waals surface area contributed by atoms with E-state index in [9.17, 15) is 36.3 Å². The van der Waals surface area contributed by atoms with Gasteiger partial charge < -0.3 is 20.9 Å². The van der Waals surface area contributed by atoms with Crippen LogP contribution in [-0.2, 0) is 4.79 Å². The molecule has 2 saturated carbocycles. The summed E-state index contributed by atoms with van der Waals surface area (Å²) in [4.78, 5) is 44.2. The van der Waals surface area contributed by atoms with Crippen molar-refractivity contribution in [3.05, 3.63) is 35.3 Å². The van der Waals surface area contributed by atoms with Crippen LogP contribution in [0.3, 0.4) is 0 Å². The molecule has 3 atom stereocenters. The molecule has 3 heterocycles. The Morgan fingerprint density at radius 2 is 1.90 bits per heavy atom. The SMILES string of the molecule is CC[C@H](c1ccnc(NC(=O)[C@H](NC(=O)c2nonc2C2CC2)C2CCC(F)(F)CC2)c1)N1C[C@@H](C(F)(F)F)NC1=O. The maximum absolute atomic E-state index is 13.9. The number of hydrogen-bond donors (Lipinski definition) is 3. The highest BCUT2D eigenvalue weighted by atomic mass is 19.4. The average molecular weight is 600 g/mol. The molecule has 3 N–H and O–H groups in total. The van der Waals surface area contributed by atoms with Crippen molar-refractivity contribution in [1.82, 2.24) is 30.8 Å². The normalized spacial score (nSPS) is 22.4. The number of hydrogen-bond acceptors (Lipinski definition) is 7. The largest absolute Gasteiger partial charge is 0.410 e. The topological polar surface area (TPSA) is 142 Å². The first-order valence-corrected chi connectivity index (χ1v) is 13.8. The average Bonchev–Trinajstić information content (AvgIpc) is 3.52. The van der Waals surface area contributed by atoms with Gasteiger partial charge in [0, 0.05) is 25.0 Å². The Morgan fingerprint density at radius 3 is 2.52 bits per heavy atom. The lowest BCUT2D eigenvalue weighted by Crippen LogP contribution is -2.50. The third kappa shape index (κ3) is 6.46. The maximum atomic E-state index is 13.9. The minimum atomic E-state index is -4.61. The fraction of sp³-hybridized carbons (Fsp3) is 0.615. The lowest BCUT2D eigenvalue weighted by Gasteiger charge is -2.33. The number of urea groups is 1. The van der Waals surface area contributed by atoms with Gasteiger partial charge in [0.25, 0.3) is 5.91 Å². The van der Waals surface area contributed by atoms with Gasteiger partial charge in [0.2, 0.25) is 11.8 Å². The molecule has 16 heteroatoms. The number of pyridine rings is 1. The van der Waals surface area contributed by atoms with E-state index >= 15 is 0 Å². The van der Waals surface area contributed by atoms with Crippen molar-refractivity contribution in [3.63, 3.8) is 0 Å². The van der Waals surface area contributed by atoms with Gasteiger partial charge in [0.1, 0.15) is 23.6 Å². The zero-order valence-electron chi connectivity index (χ0n) is 22.6. The minimum Gasteiger partial charge on any atom is -0.338 e. The summed E-state index contributed by atoms with van der Waals surface area (Å²) in [5, 5.41) is 14.6. The van der Waals surface area contributed by atoms with Gasteiger partial charge in [-0.25, -0.2) is 23.2 Å². The molecule has 3 fully saturated rings. The van der Waals surface area contributed by atoms with Gasteiger partial charge >= 0.3 is 12.2 Å². The van der Waals surface area contributed by atoms with Crippen LogP contribution in [0, 0.1) is 5.92 Å². The Bertz CT molecular complexity index is 1320. The number of nitrogens with zero attached hydrogens (tertiary/aromatic N) is 4. The van der Waals surface area contributed by atoms with Gasteiger partial charge in [-0.2, -0.15) is 13.2 Å². The Hall–Kier alpha value is -3.85. The molecule has 1 aliphatic heterocycles. The van der Waals surface area contributed by atoms with Crippen LogP contribution in [0.2, 0.25) is 0 Å². The molecule has 0 aromatic carbocycles. The van der Waals surface area contributed by atoms with Crippen molar-refractivity contribution in [2.75, 3.05) is 11.9 Å². The molecular formula is C26H30F5N7O4. The van der Waals surface area contributed by atoms with E-state index in [0.29, 0.717) is 11.3 Å². The predicted molar refractivity (Wildman–Crippen MR) is 135 cm³/mol. The Balaban J connectivity index is 1.33. The highest BCUT2D eigenvalue weighted by Crippen LogP contribution is 2.41. The van der Waals surface area contributed by atoms with E-state index in [4.69, 9.17) is 4.63 Å². The maximum Gasteiger partial charge on any atom is 0.410 e. The quantitative estimate of drug-likeness (QED) is 0.365. The van der Waals surface area contributed by atoms with Crippen molar-refractivity contribution in [3.8, 4) is 0 Å². The second-order valence-corrected chi connectivity index (χ2v) is 11.0. The highest BCUT2D eigenvalue weighted by Gasteiger charge is 2.48. The molecule has 2 aliphatic carbocycles. The van der Waals surface area contributed by atoms with Gasteiger partial charge in [0.15, 0.2) is 5.69 Å². The Labute approximate surface area is 236 Å². The summed E-state index contributed by atoms with van der Waals surface area (Å²) in [6.45, 7) is 1.13. The number of anilines is 1. The number of amides is 4. The zero-order chi connectivity index (χ0) is 30.2. The number of halogens is 5. The van der Waals surface area contributed by atoms with Crippen LogP contribution in [0.1, 0.15) is 85.6 Å². The summed E-state index contributed by atoms with van der Waals surface area (Å²) in [6, 6.07) is -1.88. The lowest BCUT2D eigenvalue weighted by atomic mass is 9.81. The molecule has 5 rings (SSSR count). The number of alkyl halides is 5. The number of carbonyl (C=O) groups is 3. The summed E-state index contributed by atoms with van der Waals surface area (Å²) in [5.41, 5.74) is 0.741. The molecule has 0 unspecified atom stereocenters. The van der Waals surface area contributed by atoms with Crippen molar-refractivity contribution < 1.29 is 41.0 Å². The molecule has 11 nitrogen and oxygen atoms in total. The van der Waals surface area contributed by atoms with Crippen molar-refractivity contribution >= 4 is 23.7 Å². The Morgan fingerprint density at radius 1 is 1.19 bits per heavy atom. The first-order chi connectivity index (χ1) is 19.9. The molecule has 2 aromatic heterocycles. The number of rotatable bonds is 9. The zero-order valence-corrected chi connectivity index (χ0v) is 22.6. The fourth-order valence-electron chi connectivity index (χ4n) is 5.55. The van der Waals surface area contributed by atoms with Crippen LogP contribution >= 0.6 is 0 Å². The number of carbonyl (C=O) groups excluding carboxylic acids is 3. The monoisotopic (exact) mass is 599 g/mol. The summed E-state index contributed by atoms with van der Waals surface area (Å²) in [6.07, 6.45) is -2.30. The molecule has 42 heavy (non-hydrogen) atoms. The van der Waals surface area contributed by atoms with Crippen LogP contribution in [0.25, 0.3) is 0 Å². The predicted octanol–water partition coefficient (Wildman–Crippen LogP) is 4.31. The molecule has 2 aromatic rings. The second kappa shape index (κ2) is 11.4. The van der Waals surface area contributed by atoms with Crippen LogP contribution in [0.15, 0.2) is 23.0 Å². The standard InChI is InChI=1S/C26H30F5N7O4/c1-2-16(38-12-17(26(29,30)31)33-24(38)41)15-7-10-32-18(11-15)34-22(39)20(14-5-8-25(27,28)9-6-14)35-23(40)21-19(13-3-4-13)36-42-37-21/h7,10-11,13-14,16-17,20H,2-6,8-9,12H2,1H3,(H,33,41)(H,35,40)(H,32,34,39)/t16-,17+,20-/m1/s1. The van der Waals surface area contributed by atoms with E-state index in [-0.39, 0.29) is 36.7 Å². The molecule has 4 amide bonds. The minimum absolute atomic E-state index is 0.0186. The van der Waals surface area contributed by atoms with Crippen molar-refractivity contribution in [1.29, 1.82) is 0 Å². The van der Waals surface area contributed by atoms with Gasteiger partial charge in [-0.05, 0) is 60.9 Å². The van der Waals surface area contributed by atoms with Gasteiger partial charge in [-0.3, -0.25) is 9.59 Å². The summed E-state index contributed by atoms with van der Waals surface area (Å²) >= 11 is 0. The van der Waals surface area contributed by atoms with Crippen molar-refractivity contribution in [2.24, 2.45) is 5.92 Å². The summed E-state index contributed by atoms with van der Waals surface area (Å²) in [5.74, 6) is -4.86. The van der Waals surface area contributed by atoms with E-state index in [1.165, 1.54) is 18.3 Å². The molecular weight excluding hydrogens is 569 g/mol. The third-order valence-corrected chi connectivity index (χ3v) is 8.01. The molecule has 3 aliphatic rings. The van der Waals surface area contributed by atoms with E-state index < -0.39 is 73.4 Å². The fourth-order valence-corrected chi connectivity index (χ4v) is 5.55. The molecule has 1 saturated heterocycles. The van der Waals surface area contributed by atoms with E-state index in [1.54, 1.807) is 6.92 Å². The van der Waals surface area contributed by atoms with Gasteiger partial charge in [0.05, 0.1) is 12.6 Å². The highest BCUT2D eigenvalue weighted by molar-refractivity contribution is 6.00. The van der Waals surface area contributed by atoms with Gasteiger partial charge in [-0.15, -0.1) is 0 Å². The van der Waals surface area contributed by atoms with Crippen LogP contribution < -0.4 is 16.0 Å². The smallest absolute Gasteiger partial charge is 0.338 e. The van der Waals surface area contributed by atoms with E-state index in [1.807, 2.05) is 5.32 Å². The third-order valence-electron chi connectivity index (χ3n) is 8.01. The summed E-state index contributed by atoms with van der Waals surface area (Å²) < 4.78 is 72.2. The van der Waals surface area contributed by atoms with E-state index in [2.05, 4.69) is 25.9 Å². The second-order valence-electron chi connectivity index (χ2n) is 11.0. The first kappa shape index (κ1) is 29.6. The van der Waals surface area contributed by atoms with E-state index in [0.717, 1.165) is 17.7 Å². The molecule has 0 radical (unpaired) electrons. The van der Waals surface area contributed by atoms with Crippen molar-refractivity contribution in [2.45, 2.75) is 88.0 Å². The Kier molecular flexibility index (Phi) is 8.07. The van der Waals surface area contributed by atoms with Crippen LogP contribution in [-0.4, -0.2) is 68.8 Å². The lowest BCUT2D eigenvalue weighted by molar-refractivity contribution is -0.150. The molecule has 0 bridgehead atoms. The number of aromatic nitrogens is 3. The molecule has 228 valence electrons. The van der Waals surface area contributed by atoms with Gasteiger partial charge in [-0.1, -0.05) is 12.1 Å². The number of nitrogens with one attached hydrogen (secondary N) is 3. The van der Waals surface area contributed by atoms with Crippen LogP contribution in [0.4, 0.5) is 32.6 Å². The molecule has 0 spiro atoms.